The second kappa shape index (κ2) is 9.56. The van der Waals surface area contributed by atoms with Gasteiger partial charge in [0.25, 0.3) is 0 Å². The van der Waals surface area contributed by atoms with E-state index in [0.717, 1.165) is 32.4 Å². The molecule has 1 aliphatic heterocycles. The molecule has 1 amide bonds. The highest BCUT2D eigenvalue weighted by atomic mass is 32.2. The molecule has 0 aromatic heterocycles. The minimum absolute atomic E-state index is 0.0413. The molecule has 0 spiro atoms. The van der Waals surface area contributed by atoms with Crippen LogP contribution in [-0.2, 0) is 24.7 Å². The number of hydrogen-bond acceptors (Lipinski definition) is 6. The Morgan fingerprint density at radius 2 is 1.42 bits per heavy atom. The van der Waals surface area contributed by atoms with E-state index in [9.17, 15) is 21.6 Å². The molecule has 1 saturated carbocycles. The van der Waals surface area contributed by atoms with Crippen LogP contribution in [0.3, 0.4) is 0 Å². The Kier molecular flexibility index (Phi) is 7.45. The molecule has 1 aliphatic carbocycles. The van der Waals surface area contributed by atoms with E-state index < -0.39 is 19.9 Å². The predicted octanol–water partition coefficient (Wildman–Crippen LogP) is 1.48. The fourth-order valence-electron chi connectivity index (χ4n) is 4.33. The van der Waals surface area contributed by atoms with Crippen LogP contribution in [0.2, 0.25) is 0 Å². The first-order chi connectivity index (χ1) is 14.5. The third kappa shape index (κ3) is 6.06. The molecule has 174 valence electrons. The van der Waals surface area contributed by atoms with Crippen molar-refractivity contribution < 1.29 is 21.6 Å². The van der Waals surface area contributed by atoms with Gasteiger partial charge in [0.2, 0.25) is 15.9 Å². The van der Waals surface area contributed by atoms with Gasteiger partial charge in [0, 0.05) is 50.4 Å². The van der Waals surface area contributed by atoms with Gasteiger partial charge in [0.05, 0.1) is 9.79 Å². The molecule has 0 radical (unpaired) electrons. The van der Waals surface area contributed by atoms with E-state index in [1.165, 1.54) is 24.3 Å². The van der Waals surface area contributed by atoms with Crippen molar-refractivity contribution >= 4 is 25.8 Å². The van der Waals surface area contributed by atoms with Gasteiger partial charge in [-0.15, -0.1) is 0 Å². The SMILES string of the molecule is CC(C)N1CCN(C(=O)C2CCC(NS(=O)(=O)c3ccc(S(C)(=O)=O)cc3)CC2)CC1. The number of carbonyl (C=O) groups excluding carboxylic acids is 1. The molecule has 2 aliphatic rings. The largest absolute Gasteiger partial charge is 0.340 e. The number of piperazine rings is 1. The van der Waals surface area contributed by atoms with Gasteiger partial charge in [-0.25, -0.2) is 21.6 Å². The summed E-state index contributed by atoms with van der Waals surface area (Å²) in [6.45, 7) is 7.65. The van der Waals surface area contributed by atoms with Crippen molar-refractivity contribution in [3.63, 3.8) is 0 Å². The molecule has 1 saturated heterocycles. The summed E-state index contributed by atoms with van der Waals surface area (Å²) in [6.07, 6.45) is 3.65. The van der Waals surface area contributed by atoms with Crippen molar-refractivity contribution in [3.05, 3.63) is 24.3 Å². The molecule has 2 fully saturated rings. The highest BCUT2D eigenvalue weighted by Crippen LogP contribution is 2.28. The third-order valence-electron chi connectivity index (χ3n) is 6.32. The maximum atomic E-state index is 12.9. The van der Waals surface area contributed by atoms with Gasteiger partial charge >= 0.3 is 0 Å². The summed E-state index contributed by atoms with van der Waals surface area (Å²) in [5.41, 5.74) is 0. The maximum absolute atomic E-state index is 12.9. The molecule has 1 aromatic rings. The number of benzene rings is 1. The zero-order valence-corrected chi connectivity index (χ0v) is 20.1. The molecular formula is C21H33N3O5S2. The lowest BCUT2D eigenvalue weighted by Gasteiger charge is -2.39. The van der Waals surface area contributed by atoms with Crippen molar-refractivity contribution in [3.8, 4) is 0 Å². The lowest BCUT2D eigenvalue weighted by molar-refractivity contribution is -0.138. The quantitative estimate of drug-likeness (QED) is 0.674. The van der Waals surface area contributed by atoms with Gasteiger partial charge in [-0.1, -0.05) is 0 Å². The van der Waals surface area contributed by atoms with Crippen LogP contribution in [0, 0.1) is 5.92 Å². The summed E-state index contributed by atoms with van der Waals surface area (Å²) >= 11 is 0. The summed E-state index contributed by atoms with van der Waals surface area (Å²) in [7, 11) is -7.12. The highest BCUT2D eigenvalue weighted by Gasteiger charge is 2.33. The van der Waals surface area contributed by atoms with Gasteiger partial charge in [-0.05, 0) is 63.8 Å². The lowest BCUT2D eigenvalue weighted by Crippen LogP contribution is -2.52. The van der Waals surface area contributed by atoms with Gasteiger partial charge in [0.1, 0.15) is 0 Å². The number of nitrogens with one attached hydrogen (secondary N) is 1. The number of sulfone groups is 1. The third-order valence-corrected chi connectivity index (χ3v) is 8.98. The topological polar surface area (TPSA) is 104 Å². The van der Waals surface area contributed by atoms with Crippen LogP contribution in [0.5, 0.6) is 0 Å². The van der Waals surface area contributed by atoms with E-state index >= 15 is 0 Å². The molecule has 0 atom stereocenters. The van der Waals surface area contributed by atoms with Crippen molar-refractivity contribution in [2.45, 2.75) is 61.4 Å². The lowest BCUT2D eigenvalue weighted by atomic mass is 9.85. The fourth-order valence-corrected chi connectivity index (χ4v) is 6.26. The molecule has 1 N–H and O–H groups in total. The van der Waals surface area contributed by atoms with Crippen LogP contribution in [0.25, 0.3) is 0 Å². The number of rotatable bonds is 6. The first-order valence-electron chi connectivity index (χ1n) is 10.8. The maximum Gasteiger partial charge on any atom is 0.240 e. The van der Waals surface area contributed by atoms with E-state index in [1.54, 1.807) is 0 Å². The Morgan fingerprint density at radius 1 is 0.903 bits per heavy atom. The van der Waals surface area contributed by atoms with Gasteiger partial charge in [-0.3, -0.25) is 9.69 Å². The summed E-state index contributed by atoms with van der Waals surface area (Å²) in [5.74, 6) is 0.154. The average molecular weight is 472 g/mol. The molecule has 1 aromatic carbocycles. The first kappa shape index (κ1) is 24.2. The number of sulfonamides is 1. The van der Waals surface area contributed by atoms with Crippen LogP contribution < -0.4 is 4.72 Å². The zero-order valence-electron chi connectivity index (χ0n) is 18.5. The normalized spacial score (nSPS) is 23.8. The minimum atomic E-state index is -3.74. The van der Waals surface area contributed by atoms with Crippen LogP contribution in [0.1, 0.15) is 39.5 Å². The number of hydrogen-bond donors (Lipinski definition) is 1. The summed E-state index contributed by atoms with van der Waals surface area (Å²) in [6, 6.07) is 5.50. The molecule has 3 rings (SSSR count). The molecular weight excluding hydrogens is 438 g/mol. The van der Waals surface area contributed by atoms with E-state index in [2.05, 4.69) is 23.5 Å². The van der Waals surface area contributed by atoms with E-state index in [1.807, 2.05) is 4.90 Å². The van der Waals surface area contributed by atoms with Gasteiger partial charge in [-0.2, -0.15) is 0 Å². The van der Waals surface area contributed by atoms with Crippen LogP contribution in [0.15, 0.2) is 34.1 Å². The molecule has 1 heterocycles. The smallest absolute Gasteiger partial charge is 0.240 e. The summed E-state index contributed by atoms with van der Waals surface area (Å²) in [5, 5.41) is 0. The fraction of sp³-hybridized carbons (Fsp3) is 0.667. The van der Waals surface area contributed by atoms with Gasteiger partial charge < -0.3 is 4.90 Å². The van der Waals surface area contributed by atoms with Crippen LogP contribution >= 0.6 is 0 Å². The second-order valence-corrected chi connectivity index (χ2v) is 12.6. The molecule has 8 nitrogen and oxygen atoms in total. The average Bonchev–Trinajstić information content (AvgIpc) is 2.73. The van der Waals surface area contributed by atoms with Crippen molar-refractivity contribution in [1.29, 1.82) is 0 Å². The number of carbonyl (C=O) groups is 1. The Bertz CT molecular complexity index is 974. The zero-order chi connectivity index (χ0) is 22.8. The first-order valence-corrected chi connectivity index (χ1v) is 14.2. The molecule has 0 unspecified atom stereocenters. The predicted molar refractivity (Wildman–Crippen MR) is 119 cm³/mol. The van der Waals surface area contributed by atoms with E-state index in [0.29, 0.717) is 31.7 Å². The minimum Gasteiger partial charge on any atom is -0.340 e. The highest BCUT2D eigenvalue weighted by molar-refractivity contribution is 7.90. The van der Waals surface area contributed by atoms with Crippen molar-refractivity contribution in [2.75, 3.05) is 32.4 Å². The Labute approximate surface area is 186 Å². The van der Waals surface area contributed by atoms with Crippen LogP contribution in [-0.4, -0.2) is 77.1 Å². The number of amides is 1. The molecule has 0 bridgehead atoms. The Hall–Kier alpha value is -1.49. The summed E-state index contributed by atoms with van der Waals surface area (Å²) in [4.78, 5) is 17.3. The van der Waals surface area contributed by atoms with Crippen molar-refractivity contribution in [2.24, 2.45) is 5.92 Å². The standard InChI is InChI=1S/C21H33N3O5S2/c1-16(2)23-12-14-24(15-13-23)21(25)17-4-6-18(7-5-17)22-31(28,29)20-10-8-19(9-11-20)30(3,26)27/h8-11,16-18,22H,4-7,12-15H2,1-3H3. The Morgan fingerprint density at radius 3 is 1.90 bits per heavy atom. The van der Waals surface area contributed by atoms with Crippen molar-refractivity contribution in [1.82, 2.24) is 14.5 Å². The van der Waals surface area contributed by atoms with Crippen LogP contribution in [0.4, 0.5) is 0 Å². The monoisotopic (exact) mass is 471 g/mol. The van der Waals surface area contributed by atoms with E-state index in [-0.39, 0.29) is 27.7 Å². The summed E-state index contributed by atoms with van der Waals surface area (Å²) < 4.78 is 51.2. The second-order valence-electron chi connectivity index (χ2n) is 8.87. The van der Waals surface area contributed by atoms with Gasteiger partial charge in [0.15, 0.2) is 9.84 Å². The molecule has 10 heteroatoms. The Balaban J connectivity index is 1.52. The molecule has 31 heavy (non-hydrogen) atoms. The number of nitrogens with zero attached hydrogens (tertiary/aromatic N) is 2. The van der Waals surface area contributed by atoms with E-state index in [4.69, 9.17) is 0 Å².